The van der Waals surface area contributed by atoms with Crippen molar-refractivity contribution in [1.29, 1.82) is 0 Å². The van der Waals surface area contributed by atoms with Crippen molar-refractivity contribution in [3.05, 3.63) is 64.2 Å². The lowest BCUT2D eigenvalue weighted by molar-refractivity contribution is -0.387. The van der Waals surface area contributed by atoms with Gasteiger partial charge in [0.15, 0.2) is 0 Å². The molecule has 0 saturated heterocycles. The Kier molecular flexibility index (Phi) is 4.19. The molecule has 98 valence electrons. The van der Waals surface area contributed by atoms with Crippen molar-refractivity contribution in [2.24, 2.45) is 5.73 Å². The minimum Gasteiger partial charge on any atom is -0.324 e. The average Bonchev–Trinajstić information content (AvgIpc) is 2.39. The summed E-state index contributed by atoms with van der Waals surface area (Å²) >= 11 is 1.38. The maximum absolute atomic E-state index is 11.0. The van der Waals surface area contributed by atoms with Gasteiger partial charge in [-0.25, -0.2) is 0 Å². The van der Waals surface area contributed by atoms with Gasteiger partial charge in [0.2, 0.25) is 0 Å². The van der Waals surface area contributed by atoms with Crippen molar-refractivity contribution in [2.45, 2.75) is 22.8 Å². The maximum atomic E-state index is 11.0. The van der Waals surface area contributed by atoms with Gasteiger partial charge in [0.05, 0.1) is 9.82 Å². The molecule has 4 nitrogen and oxygen atoms in total. The quantitative estimate of drug-likeness (QED) is 0.680. The molecular formula is C14H14N2O2S. The van der Waals surface area contributed by atoms with Crippen LogP contribution in [-0.2, 0) is 0 Å². The van der Waals surface area contributed by atoms with Crippen LogP contribution in [0, 0.1) is 10.1 Å². The Bertz CT molecular complexity index is 600. The number of hydrogen-bond acceptors (Lipinski definition) is 4. The van der Waals surface area contributed by atoms with Crippen molar-refractivity contribution < 1.29 is 4.92 Å². The molecule has 2 aromatic rings. The van der Waals surface area contributed by atoms with E-state index in [0.717, 1.165) is 10.5 Å². The van der Waals surface area contributed by atoms with E-state index in [1.54, 1.807) is 18.2 Å². The van der Waals surface area contributed by atoms with E-state index in [9.17, 15) is 10.1 Å². The fourth-order valence-corrected chi connectivity index (χ4v) is 2.91. The minimum atomic E-state index is -0.364. The molecule has 1 unspecified atom stereocenters. The number of hydrogen-bond donors (Lipinski definition) is 1. The van der Waals surface area contributed by atoms with E-state index in [-0.39, 0.29) is 16.7 Å². The normalized spacial score (nSPS) is 12.1. The predicted molar refractivity (Wildman–Crippen MR) is 76.3 cm³/mol. The highest BCUT2D eigenvalue weighted by molar-refractivity contribution is 7.99. The first-order valence-corrected chi connectivity index (χ1v) is 6.67. The molecule has 0 bridgehead atoms. The highest BCUT2D eigenvalue weighted by Crippen LogP contribution is 2.37. The zero-order chi connectivity index (χ0) is 13.8. The summed E-state index contributed by atoms with van der Waals surface area (Å²) in [7, 11) is 0. The number of para-hydroxylation sites is 1. The smallest absolute Gasteiger partial charge is 0.283 e. The van der Waals surface area contributed by atoms with E-state index in [1.807, 2.05) is 31.2 Å². The third-order valence-corrected chi connectivity index (χ3v) is 3.85. The van der Waals surface area contributed by atoms with Gasteiger partial charge in [0.1, 0.15) is 0 Å². The lowest BCUT2D eigenvalue weighted by Gasteiger charge is -2.11. The van der Waals surface area contributed by atoms with Crippen LogP contribution in [0.5, 0.6) is 0 Å². The largest absolute Gasteiger partial charge is 0.324 e. The molecule has 0 radical (unpaired) electrons. The van der Waals surface area contributed by atoms with Crippen LogP contribution in [0.25, 0.3) is 0 Å². The summed E-state index contributed by atoms with van der Waals surface area (Å²) < 4.78 is 0. The Labute approximate surface area is 115 Å². The zero-order valence-electron chi connectivity index (χ0n) is 10.4. The second kappa shape index (κ2) is 5.86. The minimum absolute atomic E-state index is 0.105. The van der Waals surface area contributed by atoms with Gasteiger partial charge < -0.3 is 5.73 Å². The van der Waals surface area contributed by atoms with Crippen molar-refractivity contribution in [3.8, 4) is 0 Å². The van der Waals surface area contributed by atoms with Crippen molar-refractivity contribution in [1.82, 2.24) is 0 Å². The molecule has 19 heavy (non-hydrogen) atoms. The highest BCUT2D eigenvalue weighted by Gasteiger charge is 2.15. The van der Waals surface area contributed by atoms with Gasteiger partial charge in [0, 0.05) is 17.0 Å². The number of nitro groups is 1. The van der Waals surface area contributed by atoms with Crippen LogP contribution in [0.15, 0.2) is 58.3 Å². The monoisotopic (exact) mass is 274 g/mol. The van der Waals surface area contributed by atoms with E-state index >= 15 is 0 Å². The molecule has 0 aliphatic rings. The zero-order valence-corrected chi connectivity index (χ0v) is 11.3. The first kappa shape index (κ1) is 13.6. The highest BCUT2D eigenvalue weighted by atomic mass is 32.2. The summed E-state index contributed by atoms with van der Waals surface area (Å²) in [5, 5.41) is 11.0. The Morgan fingerprint density at radius 2 is 1.68 bits per heavy atom. The van der Waals surface area contributed by atoms with Gasteiger partial charge in [-0.1, -0.05) is 42.1 Å². The molecule has 0 fully saturated rings. The van der Waals surface area contributed by atoms with Crippen molar-refractivity contribution in [3.63, 3.8) is 0 Å². The van der Waals surface area contributed by atoms with Crippen LogP contribution >= 0.6 is 11.8 Å². The number of benzene rings is 2. The van der Waals surface area contributed by atoms with Gasteiger partial charge in [-0.15, -0.1) is 0 Å². The van der Waals surface area contributed by atoms with E-state index in [1.165, 1.54) is 17.8 Å². The van der Waals surface area contributed by atoms with Crippen LogP contribution in [0.4, 0.5) is 5.69 Å². The molecule has 0 amide bonds. The van der Waals surface area contributed by atoms with E-state index < -0.39 is 0 Å². The van der Waals surface area contributed by atoms with Gasteiger partial charge in [-0.2, -0.15) is 0 Å². The summed E-state index contributed by atoms with van der Waals surface area (Å²) in [5.74, 6) is 0. The van der Waals surface area contributed by atoms with Crippen LogP contribution in [0.1, 0.15) is 18.5 Å². The standard InChI is InChI=1S/C14H14N2O2S/c1-10(15)11-6-2-4-8-13(11)19-14-9-5-3-7-12(14)16(17)18/h2-10H,15H2,1H3. The summed E-state index contributed by atoms with van der Waals surface area (Å²) in [4.78, 5) is 12.2. The molecule has 0 aliphatic carbocycles. The Hall–Kier alpha value is -1.85. The molecule has 0 saturated carbocycles. The van der Waals surface area contributed by atoms with E-state index in [2.05, 4.69) is 0 Å². The summed E-state index contributed by atoms with van der Waals surface area (Å²) in [6.45, 7) is 1.90. The first-order chi connectivity index (χ1) is 9.09. The summed E-state index contributed by atoms with van der Waals surface area (Å²) in [5.41, 5.74) is 7.03. The number of nitrogens with zero attached hydrogens (tertiary/aromatic N) is 1. The predicted octanol–water partition coefficient (Wildman–Crippen LogP) is 3.77. The van der Waals surface area contributed by atoms with Gasteiger partial charge in [-0.3, -0.25) is 10.1 Å². The number of rotatable bonds is 4. The third kappa shape index (κ3) is 3.13. The Morgan fingerprint density at radius 1 is 1.11 bits per heavy atom. The van der Waals surface area contributed by atoms with E-state index in [0.29, 0.717) is 4.90 Å². The number of nitro benzene ring substituents is 1. The van der Waals surface area contributed by atoms with Crippen LogP contribution in [0.2, 0.25) is 0 Å². The van der Waals surface area contributed by atoms with Crippen molar-refractivity contribution in [2.75, 3.05) is 0 Å². The Morgan fingerprint density at radius 3 is 2.32 bits per heavy atom. The topological polar surface area (TPSA) is 69.2 Å². The van der Waals surface area contributed by atoms with Gasteiger partial charge >= 0.3 is 0 Å². The summed E-state index contributed by atoms with van der Waals surface area (Å²) in [6.07, 6.45) is 0. The lowest BCUT2D eigenvalue weighted by atomic mass is 10.1. The Balaban J connectivity index is 2.39. The first-order valence-electron chi connectivity index (χ1n) is 5.85. The fraction of sp³-hybridized carbons (Fsp3) is 0.143. The van der Waals surface area contributed by atoms with Crippen LogP contribution < -0.4 is 5.73 Å². The van der Waals surface area contributed by atoms with Gasteiger partial charge in [-0.05, 0) is 24.6 Å². The second-order valence-electron chi connectivity index (χ2n) is 4.15. The van der Waals surface area contributed by atoms with E-state index in [4.69, 9.17) is 5.73 Å². The average molecular weight is 274 g/mol. The molecule has 0 heterocycles. The molecule has 0 aliphatic heterocycles. The fourth-order valence-electron chi connectivity index (χ4n) is 1.76. The molecule has 2 rings (SSSR count). The van der Waals surface area contributed by atoms with Gasteiger partial charge in [0.25, 0.3) is 5.69 Å². The molecule has 1 atom stereocenters. The number of nitrogens with two attached hydrogens (primary N) is 1. The molecule has 0 spiro atoms. The molecular weight excluding hydrogens is 260 g/mol. The van der Waals surface area contributed by atoms with Crippen LogP contribution in [-0.4, -0.2) is 4.92 Å². The SMILES string of the molecule is CC(N)c1ccccc1Sc1ccccc1[N+](=O)[O-]. The molecule has 2 N–H and O–H groups in total. The third-order valence-electron chi connectivity index (χ3n) is 2.69. The summed E-state index contributed by atoms with van der Waals surface area (Å²) in [6, 6.07) is 14.3. The molecule has 2 aromatic carbocycles. The molecule has 0 aromatic heterocycles. The second-order valence-corrected chi connectivity index (χ2v) is 5.24. The molecule has 5 heteroatoms. The maximum Gasteiger partial charge on any atom is 0.283 e. The lowest BCUT2D eigenvalue weighted by Crippen LogP contribution is -2.06. The van der Waals surface area contributed by atoms with Crippen molar-refractivity contribution >= 4 is 17.4 Å². The van der Waals surface area contributed by atoms with Crippen LogP contribution in [0.3, 0.4) is 0 Å².